The molecule has 2 unspecified atom stereocenters. The molecule has 0 saturated carbocycles. The molecule has 1 saturated heterocycles. The van der Waals surface area contributed by atoms with Crippen LogP contribution in [0, 0.1) is 5.92 Å². The van der Waals surface area contributed by atoms with E-state index in [0.717, 1.165) is 12.0 Å². The van der Waals surface area contributed by atoms with Gasteiger partial charge in [-0.3, -0.25) is 9.59 Å². The molecule has 1 amide bonds. The first-order valence-electron chi connectivity index (χ1n) is 8.26. The summed E-state index contributed by atoms with van der Waals surface area (Å²) in [7, 11) is 1.22. The first-order valence-corrected chi connectivity index (χ1v) is 8.26. The van der Waals surface area contributed by atoms with Crippen molar-refractivity contribution in [3.8, 4) is 0 Å². The third-order valence-corrected chi connectivity index (χ3v) is 4.24. The summed E-state index contributed by atoms with van der Waals surface area (Å²) in [6, 6.07) is 9.78. The Hall–Kier alpha value is -1.95. The van der Waals surface area contributed by atoms with Crippen molar-refractivity contribution in [2.24, 2.45) is 5.92 Å². The van der Waals surface area contributed by atoms with Crippen LogP contribution < -0.4 is 0 Å². The molecule has 1 heterocycles. The van der Waals surface area contributed by atoms with E-state index >= 15 is 0 Å². The Balaban J connectivity index is 1.93. The lowest BCUT2D eigenvalue weighted by atomic mass is 9.94. The number of benzene rings is 1. The lowest BCUT2D eigenvalue weighted by molar-refractivity contribution is -0.155. The molecule has 1 fully saturated rings. The van der Waals surface area contributed by atoms with Crippen molar-refractivity contribution in [3.63, 3.8) is 0 Å². The lowest BCUT2D eigenvalue weighted by Crippen LogP contribution is -2.47. The van der Waals surface area contributed by atoms with Gasteiger partial charge >= 0.3 is 5.97 Å². The molecule has 0 spiro atoms. The number of amides is 1. The molecule has 1 aromatic rings. The molecule has 5 nitrogen and oxygen atoms in total. The molecule has 2 atom stereocenters. The second-order valence-electron chi connectivity index (χ2n) is 5.85. The molecule has 2 rings (SSSR count). The Morgan fingerprint density at radius 3 is 2.54 bits per heavy atom. The number of nitrogens with zero attached hydrogens (tertiary/aromatic N) is 1. The fourth-order valence-corrected chi connectivity index (χ4v) is 2.84. The van der Waals surface area contributed by atoms with E-state index in [1.807, 2.05) is 30.3 Å². The van der Waals surface area contributed by atoms with Crippen molar-refractivity contribution in [1.29, 1.82) is 0 Å². The average molecular weight is 337 g/mol. The maximum absolute atomic E-state index is 14.7. The first kappa shape index (κ1) is 18.4. The number of ether oxygens (including phenoxy) is 2. The summed E-state index contributed by atoms with van der Waals surface area (Å²) < 4.78 is 24.5. The minimum Gasteiger partial charge on any atom is -0.469 e. The smallest absolute Gasteiger partial charge is 0.312 e. The quantitative estimate of drug-likeness (QED) is 0.714. The Morgan fingerprint density at radius 1 is 1.25 bits per heavy atom. The maximum atomic E-state index is 14.7. The van der Waals surface area contributed by atoms with Gasteiger partial charge in [-0.25, -0.2) is 4.39 Å². The van der Waals surface area contributed by atoms with Gasteiger partial charge in [0.05, 0.1) is 26.2 Å². The van der Waals surface area contributed by atoms with Gasteiger partial charge < -0.3 is 14.4 Å². The Kier molecular flexibility index (Phi) is 7.18. The highest BCUT2D eigenvalue weighted by Crippen LogP contribution is 2.21. The fourth-order valence-electron chi connectivity index (χ4n) is 2.84. The summed E-state index contributed by atoms with van der Waals surface area (Å²) in [4.78, 5) is 25.6. The van der Waals surface area contributed by atoms with E-state index in [1.165, 1.54) is 12.0 Å². The van der Waals surface area contributed by atoms with Gasteiger partial charge in [0, 0.05) is 13.1 Å². The van der Waals surface area contributed by atoms with Crippen molar-refractivity contribution in [2.45, 2.75) is 25.4 Å². The van der Waals surface area contributed by atoms with Gasteiger partial charge in [0.15, 0.2) is 6.17 Å². The summed E-state index contributed by atoms with van der Waals surface area (Å²) in [6.45, 7) is 1.51. The van der Waals surface area contributed by atoms with Crippen molar-refractivity contribution < 1.29 is 23.5 Å². The number of carbonyl (C=O) groups is 2. The average Bonchev–Trinajstić information content (AvgIpc) is 2.65. The predicted octanol–water partition coefficient (Wildman–Crippen LogP) is 2.00. The number of rotatable bonds is 7. The summed E-state index contributed by atoms with van der Waals surface area (Å²) in [5.74, 6) is -2.38. The molecule has 1 aliphatic rings. The van der Waals surface area contributed by atoms with Crippen LogP contribution in [0.3, 0.4) is 0 Å². The van der Waals surface area contributed by atoms with E-state index in [0.29, 0.717) is 32.7 Å². The molecule has 1 aromatic carbocycles. The van der Waals surface area contributed by atoms with Gasteiger partial charge in [-0.15, -0.1) is 0 Å². The van der Waals surface area contributed by atoms with Crippen LogP contribution >= 0.6 is 0 Å². The highest BCUT2D eigenvalue weighted by Gasteiger charge is 2.37. The SMILES string of the molecule is COC(=O)C(CCCc1ccccc1)C(F)C(=O)N1CCOCC1. The molecule has 6 heteroatoms. The van der Waals surface area contributed by atoms with Crippen molar-refractivity contribution in [1.82, 2.24) is 4.90 Å². The van der Waals surface area contributed by atoms with Crippen LogP contribution in [-0.4, -0.2) is 56.4 Å². The van der Waals surface area contributed by atoms with Crippen LogP contribution in [0.1, 0.15) is 18.4 Å². The molecule has 1 aliphatic heterocycles. The van der Waals surface area contributed by atoms with Gasteiger partial charge in [0.25, 0.3) is 5.91 Å². The fraction of sp³-hybridized carbons (Fsp3) is 0.556. The molecule has 0 N–H and O–H groups in total. The number of hydrogen-bond acceptors (Lipinski definition) is 4. The zero-order valence-electron chi connectivity index (χ0n) is 13.9. The van der Waals surface area contributed by atoms with Crippen molar-refractivity contribution in [2.75, 3.05) is 33.4 Å². The molecule has 132 valence electrons. The van der Waals surface area contributed by atoms with Crippen LogP contribution in [0.2, 0.25) is 0 Å². The van der Waals surface area contributed by atoms with Crippen LogP contribution in [0.4, 0.5) is 4.39 Å². The number of esters is 1. The molecule has 0 aromatic heterocycles. The summed E-state index contributed by atoms with van der Waals surface area (Å²) >= 11 is 0. The topological polar surface area (TPSA) is 55.8 Å². The van der Waals surface area contributed by atoms with Gasteiger partial charge in [-0.2, -0.15) is 0 Å². The molecule has 24 heavy (non-hydrogen) atoms. The second kappa shape index (κ2) is 9.37. The van der Waals surface area contributed by atoms with Crippen LogP contribution in [-0.2, 0) is 25.5 Å². The number of morpholine rings is 1. The van der Waals surface area contributed by atoms with Crippen LogP contribution in [0.25, 0.3) is 0 Å². The van der Waals surface area contributed by atoms with Crippen LogP contribution in [0.15, 0.2) is 30.3 Å². The van der Waals surface area contributed by atoms with Crippen LogP contribution in [0.5, 0.6) is 0 Å². The standard InChI is InChI=1S/C18H24FNO4/c1-23-18(22)15(9-5-8-14-6-3-2-4-7-14)16(19)17(21)20-10-12-24-13-11-20/h2-4,6-7,15-16H,5,8-13H2,1H3. The van der Waals surface area contributed by atoms with E-state index in [-0.39, 0.29) is 6.42 Å². The molecule has 0 radical (unpaired) electrons. The number of methoxy groups -OCH3 is 1. The number of hydrogen-bond donors (Lipinski definition) is 0. The molecule has 0 bridgehead atoms. The Morgan fingerprint density at radius 2 is 1.92 bits per heavy atom. The first-order chi connectivity index (χ1) is 11.6. The zero-order chi connectivity index (χ0) is 17.4. The third-order valence-electron chi connectivity index (χ3n) is 4.24. The van der Waals surface area contributed by atoms with E-state index < -0.39 is 24.0 Å². The van der Waals surface area contributed by atoms with Gasteiger partial charge in [-0.05, 0) is 24.8 Å². The number of carbonyl (C=O) groups excluding carboxylic acids is 2. The molecular formula is C18H24FNO4. The maximum Gasteiger partial charge on any atom is 0.312 e. The summed E-state index contributed by atoms with van der Waals surface area (Å²) in [5.41, 5.74) is 1.12. The largest absolute Gasteiger partial charge is 0.469 e. The minimum absolute atomic E-state index is 0.277. The van der Waals surface area contributed by atoms with Gasteiger partial charge in [0.2, 0.25) is 0 Å². The number of alkyl halides is 1. The monoisotopic (exact) mass is 337 g/mol. The van der Waals surface area contributed by atoms with Crippen molar-refractivity contribution in [3.05, 3.63) is 35.9 Å². The second-order valence-corrected chi connectivity index (χ2v) is 5.85. The van der Waals surface area contributed by atoms with E-state index in [1.54, 1.807) is 0 Å². The Labute approximate surface area is 141 Å². The van der Waals surface area contributed by atoms with Crippen molar-refractivity contribution >= 4 is 11.9 Å². The Bertz CT molecular complexity index is 531. The minimum atomic E-state index is -1.87. The number of halogens is 1. The predicted molar refractivity (Wildman–Crippen MR) is 87.2 cm³/mol. The van der Waals surface area contributed by atoms with E-state index in [2.05, 4.69) is 0 Å². The van der Waals surface area contributed by atoms with Gasteiger partial charge in [0.1, 0.15) is 0 Å². The zero-order valence-corrected chi connectivity index (χ0v) is 13.9. The third kappa shape index (κ3) is 5.03. The summed E-state index contributed by atoms with van der Waals surface area (Å²) in [6.07, 6.45) is -0.252. The normalized spacial score (nSPS) is 17.2. The lowest BCUT2D eigenvalue weighted by Gasteiger charge is -2.29. The highest BCUT2D eigenvalue weighted by atomic mass is 19.1. The summed E-state index contributed by atoms with van der Waals surface area (Å²) in [5, 5.41) is 0. The van der Waals surface area contributed by atoms with E-state index in [4.69, 9.17) is 9.47 Å². The molecule has 0 aliphatic carbocycles. The van der Waals surface area contributed by atoms with Gasteiger partial charge in [-0.1, -0.05) is 30.3 Å². The highest BCUT2D eigenvalue weighted by molar-refractivity contribution is 5.87. The van der Waals surface area contributed by atoms with E-state index in [9.17, 15) is 14.0 Å². The number of aryl methyl sites for hydroxylation is 1. The molecular weight excluding hydrogens is 313 g/mol.